The summed E-state index contributed by atoms with van der Waals surface area (Å²) in [6, 6.07) is 12.2. The predicted octanol–water partition coefficient (Wildman–Crippen LogP) is 2.47. The second kappa shape index (κ2) is 4.97. The summed E-state index contributed by atoms with van der Waals surface area (Å²) in [5.41, 5.74) is 1.67. The Morgan fingerprint density at radius 2 is 1.90 bits per heavy atom. The molecule has 5 nitrogen and oxygen atoms in total. The molecule has 2 heterocycles. The van der Waals surface area contributed by atoms with Gasteiger partial charge in [0, 0.05) is 17.2 Å². The number of aromatic nitrogens is 3. The zero-order chi connectivity index (χ0) is 13.9. The number of para-hydroxylation sites is 2. The molecule has 98 valence electrons. The van der Waals surface area contributed by atoms with Crippen LogP contribution in [0.2, 0.25) is 0 Å². The molecule has 0 radical (unpaired) electrons. The van der Waals surface area contributed by atoms with E-state index in [0.717, 1.165) is 10.4 Å². The molecule has 2 aromatic heterocycles. The van der Waals surface area contributed by atoms with Crippen molar-refractivity contribution in [2.75, 3.05) is 0 Å². The molecule has 0 saturated heterocycles. The van der Waals surface area contributed by atoms with Crippen molar-refractivity contribution in [1.82, 2.24) is 9.71 Å². The quantitative estimate of drug-likeness (QED) is 0.668. The Morgan fingerprint density at radius 1 is 1.10 bits per heavy atom. The van der Waals surface area contributed by atoms with Gasteiger partial charge in [-0.3, -0.25) is 4.98 Å². The first-order valence-corrected chi connectivity index (χ1v) is 6.09. The van der Waals surface area contributed by atoms with Gasteiger partial charge in [-0.05, 0) is 30.4 Å². The van der Waals surface area contributed by atoms with Gasteiger partial charge < -0.3 is 9.94 Å². The maximum Gasteiger partial charge on any atom is 0.286 e. The van der Waals surface area contributed by atoms with Gasteiger partial charge in [-0.15, -0.1) is 0 Å². The van der Waals surface area contributed by atoms with E-state index in [2.05, 4.69) is 4.98 Å². The highest BCUT2D eigenvalue weighted by Gasteiger charge is 2.09. The van der Waals surface area contributed by atoms with Crippen LogP contribution in [0.4, 0.5) is 0 Å². The summed E-state index contributed by atoms with van der Waals surface area (Å²) in [6.07, 6.45) is 6.20. The Hall–Kier alpha value is -2.95. The lowest BCUT2D eigenvalue weighted by Gasteiger charge is -2.14. The average molecular weight is 265 g/mol. The molecule has 1 aromatic carbocycles. The zero-order valence-electron chi connectivity index (χ0n) is 10.5. The van der Waals surface area contributed by atoms with Gasteiger partial charge in [-0.2, -0.15) is 0 Å². The van der Waals surface area contributed by atoms with E-state index < -0.39 is 0 Å². The second-order valence-corrected chi connectivity index (χ2v) is 4.25. The van der Waals surface area contributed by atoms with Gasteiger partial charge in [0.15, 0.2) is 0 Å². The molecule has 0 spiro atoms. The number of fused-ring (bicyclic) bond motifs is 1. The highest BCUT2D eigenvalue weighted by molar-refractivity contribution is 5.75. The Kier molecular flexibility index (Phi) is 3.01. The summed E-state index contributed by atoms with van der Waals surface area (Å²) < 4.78 is 1.44. The SMILES string of the molecule is O=[n+]1cc(/C=C/c2ccccn2)n([O-])c2ccccc21. The van der Waals surface area contributed by atoms with Crippen LogP contribution in [-0.2, 0) is 0 Å². The molecular weight excluding hydrogens is 254 g/mol. The molecule has 0 unspecified atom stereocenters. The molecule has 3 aromatic rings. The fraction of sp³-hybridized carbons (Fsp3) is 0. The van der Waals surface area contributed by atoms with E-state index in [0.29, 0.717) is 15.5 Å². The lowest BCUT2D eigenvalue weighted by atomic mass is 10.2. The molecule has 0 saturated carbocycles. The van der Waals surface area contributed by atoms with Crippen LogP contribution in [0.15, 0.2) is 54.9 Å². The number of hydrogen-bond donors (Lipinski definition) is 0. The normalized spacial score (nSPS) is 11.2. The number of rotatable bonds is 2. The molecule has 5 heteroatoms. The summed E-state index contributed by atoms with van der Waals surface area (Å²) in [4.78, 5) is 16.0. The first-order chi connectivity index (χ1) is 9.75. The largest absolute Gasteiger partial charge is 0.805 e. The number of hydrogen-bond acceptors (Lipinski definition) is 3. The van der Waals surface area contributed by atoms with E-state index in [9.17, 15) is 10.1 Å². The van der Waals surface area contributed by atoms with Crippen molar-refractivity contribution in [2.24, 2.45) is 0 Å². The van der Waals surface area contributed by atoms with Crippen LogP contribution in [0.3, 0.4) is 0 Å². The van der Waals surface area contributed by atoms with E-state index in [4.69, 9.17) is 0 Å². The third-order valence-electron chi connectivity index (χ3n) is 2.93. The first kappa shape index (κ1) is 12.1. The van der Waals surface area contributed by atoms with Gasteiger partial charge in [0.1, 0.15) is 11.2 Å². The summed E-state index contributed by atoms with van der Waals surface area (Å²) in [5, 5.41) is 12.2. The predicted molar refractivity (Wildman–Crippen MR) is 77.2 cm³/mol. The molecular formula is C15H11N3O2. The smallest absolute Gasteiger partial charge is 0.286 e. The van der Waals surface area contributed by atoms with Gasteiger partial charge in [-0.25, -0.2) is 0 Å². The standard InChI is InChI=1S/C15H11N3O2/c19-17-11-13(9-8-12-5-3-4-10-16-12)18(20)15-7-2-1-6-14(15)17/h1-11H/b9-8+. The molecule has 0 fully saturated rings. The Bertz CT molecular complexity index is 839. The molecule has 0 N–H and O–H groups in total. The molecule has 0 aliphatic heterocycles. The van der Waals surface area contributed by atoms with Crippen molar-refractivity contribution in [3.63, 3.8) is 0 Å². The van der Waals surface area contributed by atoms with E-state index in [1.807, 2.05) is 18.2 Å². The molecule has 0 amide bonds. The monoisotopic (exact) mass is 265 g/mol. The molecule has 0 aliphatic rings. The van der Waals surface area contributed by atoms with Crippen LogP contribution in [0.1, 0.15) is 11.4 Å². The van der Waals surface area contributed by atoms with Gasteiger partial charge in [0.05, 0.1) is 10.1 Å². The van der Waals surface area contributed by atoms with E-state index in [1.165, 1.54) is 6.20 Å². The highest BCUT2D eigenvalue weighted by atomic mass is 16.5. The van der Waals surface area contributed by atoms with Crippen molar-refractivity contribution in [3.8, 4) is 0 Å². The Balaban J connectivity index is 2.11. The second-order valence-electron chi connectivity index (χ2n) is 4.25. The van der Waals surface area contributed by atoms with Gasteiger partial charge in [0.25, 0.3) is 11.7 Å². The lowest BCUT2D eigenvalue weighted by Crippen LogP contribution is -2.18. The summed E-state index contributed by atoms with van der Waals surface area (Å²) in [6.45, 7) is 0. The number of benzene rings is 1. The van der Waals surface area contributed by atoms with Gasteiger partial charge in [0.2, 0.25) is 0 Å². The highest BCUT2D eigenvalue weighted by Crippen LogP contribution is 2.12. The van der Waals surface area contributed by atoms with Crippen LogP contribution in [0.25, 0.3) is 23.2 Å². The third kappa shape index (κ3) is 2.16. The minimum absolute atomic E-state index is 0.268. The zero-order valence-corrected chi connectivity index (χ0v) is 10.5. The molecule has 3 rings (SSSR count). The topological polar surface area (TPSA) is 63.8 Å². The van der Waals surface area contributed by atoms with Crippen molar-refractivity contribution >= 4 is 23.2 Å². The summed E-state index contributed by atoms with van der Waals surface area (Å²) in [7, 11) is 0. The number of nitrogens with zero attached hydrogens (tertiary/aromatic N) is 3. The Labute approximate surface area is 114 Å². The maximum absolute atomic E-state index is 12.2. The van der Waals surface area contributed by atoms with Crippen LogP contribution in [0.5, 0.6) is 0 Å². The summed E-state index contributed by atoms with van der Waals surface area (Å²) in [5.74, 6) is 0. The minimum atomic E-state index is 0.268. The fourth-order valence-corrected chi connectivity index (χ4v) is 1.96. The fourth-order valence-electron chi connectivity index (χ4n) is 1.96. The van der Waals surface area contributed by atoms with Gasteiger partial charge >= 0.3 is 0 Å². The van der Waals surface area contributed by atoms with Crippen molar-refractivity contribution in [3.05, 3.63) is 76.4 Å². The van der Waals surface area contributed by atoms with E-state index in [-0.39, 0.29) is 5.69 Å². The minimum Gasteiger partial charge on any atom is -0.805 e. The molecule has 0 aliphatic carbocycles. The van der Waals surface area contributed by atoms with Crippen LogP contribution >= 0.6 is 0 Å². The number of pyridine rings is 1. The third-order valence-corrected chi connectivity index (χ3v) is 2.93. The molecule has 0 atom stereocenters. The molecule has 20 heavy (non-hydrogen) atoms. The van der Waals surface area contributed by atoms with Crippen molar-refractivity contribution < 1.29 is 4.43 Å². The van der Waals surface area contributed by atoms with Crippen LogP contribution in [0, 0.1) is 10.1 Å². The van der Waals surface area contributed by atoms with Gasteiger partial charge in [-0.1, -0.05) is 18.2 Å². The van der Waals surface area contributed by atoms with Crippen LogP contribution in [-0.4, -0.2) is 9.71 Å². The van der Waals surface area contributed by atoms with Crippen LogP contribution < -0.4 is 4.43 Å². The van der Waals surface area contributed by atoms with Crippen molar-refractivity contribution in [2.45, 2.75) is 0 Å². The van der Waals surface area contributed by atoms with Crippen molar-refractivity contribution in [1.29, 1.82) is 0 Å². The lowest BCUT2D eigenvalue weighted by molar-refractivity contribution is -0.464. The molecule has 0 bridgehead atoms. The Morgan fingerprint density at radius 3 is 2.70 bits per heavy atom. The summed E-state index contributed by atoms with van der Waals surface area (Å²) >= 11 is 0. The average Bonchev–Trinajstić information content (AvgIpc) is 2.50. The maximum atomic E-state index is 12.2. The first-order valence-electron chi connectivity index (χ1n) is 6.09. The van der Waals surface area contributed by atoms with E-state index in [1.54, 1.807) is 42.6 Å². The van der Waals surface area contributed by atoms with E-state index >= 15 is 0 Å².